The highest BCUT2D eigenvalue weighted by Crippen LogP contribution is 2.10. The van der Waals surface area contributed by atoms with Gasteiger partial charge < -0.3 is 31.1 Å². The predicted molar refractivity (Wildman–Crippen MR) is 75.0 cm³/mol. The third kappa shape index (κ3) is 6.00. The summed E-state index contributed by atoms with van der Waals surface area (Å²) in [6, 6.07) is -2.66. The summed E-state index contributed by atoms with van der Waals surface area (Å²) in [5, 5.41) is 26.2. The summed E-state index contributed by atoms with van der Waals surface area (Å²) in [5.41, 5.74) is 5.57. The maximum absolute atomic E-state index is 11.6. The van der Waals surface area contributed by atoms with Crippen LogP contribution in [0.15, 0.2) is 4.52 Å². The average Bonchev–Trinajstić information content (AvgIpc) is 2.90. The molecule has 0 radical (unpaired) electrons. The standard InChI is InChI=1S/C12H19N5O6/c1-5(18)10(6(2)19)16-12(22)14-4-8-15-11(17-23-8)7(13)3-9(20)21/h5,7,10,18H,3-4,13H2,1-2H3,(H,20,21)(H2,14,16,22)/t5?,7-,10-/m0/s1. The van der Waals surface area contributed by atoms with Crippen LogP contribution in [0.1, 0.15) is 38.0 Å². The summed E-state index contributed by atoms with van der Waals surface area (Å²) < 4.78 is 4.82. The largest absolute Gasteiger partial charge is 0.481 e. The number of nitrogens with zero attached hydrogens (tertiary/aromatic N) is 2. The molecule has 23 heavy (non-hydrogen) atoms. The lowest BCUT2D eigenvalue weighted by Crippen LogP contribution is -2.50. The summed E-state index contributed by atoms with van der Waals surface area (Å²) in [4.78, 5) is 37.3. The molecule has 0 spiro atoms. The number of carboxylic acids is 1. The molecule has 128 valence electrons. The number of rotatable bonds is 8. The highest BCUT2D eigenvalue weighted by Gasteiger charge is 2.22. The maximum atomic E-state index is 11.6. The van der Waals surface area contributed by atoms with Crippen LogP contribution in [0.4, 0.5) is 4.79 Å². The van der Waals surface area contributed by atoms with E-state index in [1.54, 1.807) is 0 Å². The molecule has 0 aliphatic carbocycles. The molecule has 1 heterocycles. The molecule has 6 N–H and O–H groups in total. The molecule has 1 rings (SSSR count). The van der Waals surface area contributed by atoms with Crippen LogP contribution >= 0.6 is 0 Å². The van der Waals surface area contributed by atoms with E-state index in [9.17, 15) is 19.5 Å². The second-order valence-electron chi connectivity index (χ2n) is 4.91. The first-order chi connectivity index (χ1) is 10.7. The number of nitrogens with one attached hydrogen (secondary N) is 2. The number of nitrogens with two attached hydrogens (primary N) is 1. The van der Waals surface area contributed by atoms with Crippen molar-refractivity contribution < 1.29 is 29.1 Å². The number of carbonyl (C=O) groups is 3. The molecule has 1 aromatic rings. The van der Waals surface area contributed by atoms with E-state index in [1.807, 2.05) is 0 Å². The van der Waals surface area contributed by atoms with Crippen LogP contribution < -0.4 is 16.4 Å². The smallest absolute Gasteiger partial charge is 0.315 e. The zero-order valence-corrected chi connectivity index (χ0v) is 12.6. The Morgan fingerprint density at radius 1 is 1.39 bits per heavy atom. The number of hydrogen-bond donors (Lipinski definition) is 5. The van der Waals surface area contributed by atoms with Crippen LogP contribution in [0.25, 0.3) is 0 Å². The van der Waals surface area contributed by atoms with Gasteiger partial charge in [0.1, 0.15) is 6.04 Å². The number of hydrogen-bond acceptors (Lipinski definition) is 8. The zero-order chi connectivity index (χ0) is 17.6. The lowest BCUT2D eigenvalue weighted by atomic mass is 10.1. The van der Waals surface area contributed by atoms with Crippen LogP contribution in [0, 0.1) is 0 Å². The second kappa shape index (κ2) is 8.19. The van der Waals surface area contributed by atoms with Gasteiger partial charge in [-0.1, -0.05) is 5.16 Å². The van der Waals surface area contributed by atoms with Crippen molar-refractivity contribution in [1.29, 1.82) is 0 Å². The first-order valence-electron chi connectivity index (χ1n) is 6.73. The lowest BCUT2D eigenvalue weighted by molar-refractivity contribution is -0.137. The molecule has 0 aromatic carbocycles. The van der Waals surface area contributed by atoms with Crippen molar-refractivity contribution in [2.24, 2.45) is 5.73 Å². The molecule has 1 unspecified atom stereocenters. The molecule has 11 heteroatoms. The van der Waals surface area contributed by atoms with E-state index >= 15 is 0 Å². The Morgan fingerprint density at radius 3 is 2.57 bits per heavy atom. The molecular formula is C12H19N5O6. The van der Waals surface area contributed by atoms with Crippen molar-refractivity contribution in [3.8, 4) is 0 Å². The highest BCUT2D eigenvalue weighted by molar-refractivity contribution is 5.87. The molecule has 0 aliphatic heterocycles. The predicted octanol–water partition coefficient (Wildman–Crippen LogP) is -1.32. The number of urea groups is 1. The summed E-state index contributed by atoms with van der Waals surface area (Å²) in [6.45, 7) is 2.47. The van der Waals surface area contributed by atoms with E-state index in [0.29, 0.717) is 0 Å². The molecule has 0 saturated heterocycles. The number of aliphatic hydroxyl groups is 1. The quantitative estimate of drug-likeness (QED) is 0.386. The highest BCUT2D eigenvalue weighted by atomic mass is 16.5. The Bertz CT molecular complexity index is 572. The number of aliphatic carboxylic acids is 1. The second-order valence-corrected chi connectivity index (χ2v) is 4.91. The van der Waals surface area contributed by atoms with Gasteiger partial charge in [-0.2, -0.15) is 4.98 Å². The molecule has 0 saturated carbocycles. The third-order valence-corrected chi connectivity index (χ3v) is 2.82. The van der Waals surface area contributed by atoms with E-state index in [1.165, 1.54) is 13.8 Å². The van der Waals surface area contributed by atoms with Gasteiger partial charge in [0, 0.05) is 0 Å². The molecule has 11 nitrogen and oxygen atoms in total. The van der Waals surface area contributed by atoms with Crippen molar-refractivity contribution in [1.82, 2.24) is 20.8 Å². The van der Waals surface area contributed by atoms with E-state index in [2.05, 4.69) is 20.8 Å². The summed E-state index contributed by atoms with van der Waals surface area (Å²) in [5.74, 6) is -1.47. The van der Waals surface area contributed by atoms with E-state index in [4.69, 9.17) is 15.4 Å². The maximum Gasteiger partial charge on any atom is 0.315 e. The molecule has 1 aromatic heterocycles. The van der Waals surface area contributed by atoms with Gasteiger partial charge in [0.25, 0.3) is 0 Å². The first kappa shape index (κ1) is 18.5. The summed E-state index contributed by atoms with van der Waals surface area (Å²) in [6.07, 6.45) is -1.40. The molecule has 0 fully saturated rings. The monoisotopic (exact) mass is 329 g/mol. The van der Waals surface area contributed by atoms with Crippen molar-refractivity contribution in [2.75, 3.05) is 0 Å². The van der Waals surface area contributed by atoms with Crippen molar-refractivity contribution >= 4 is 17.8 Å². The van der Waals surface area contributed by atoms with Crippen molar-refractivity contribution in [3.05, 3.63) is 11.7 Å². The van der Waals surface area contributed by atoms with E-state index in [0.717, 1.165) is 0 Å². The normalized spacial score (nSPS) is 14.6. The van der Waals surface area contributed by atoms with Gasteiger partial charge in [0.2, 0.25) is 5.89 Å². The van der Waals surface area contributed by atoms with Gasteiger partial charge in [-0.3, -0.25) is 9.59 Å². The number of carbonyl (C=O) groups excluding carboxylic acids is 2. The average molecular weight is 329 g/mol. The third-order valence-electron chi connectivity index (χ3n) is 2.82. The number of Topliss-reactive ketones (excluding diaryl/α,β-unsaturated/α-hetero) is 1. The lowest BCUT2D eigenvalue weighted by Gasteiger charge is -2.18. The topological polar surface area (TPSA) is 181 Å². The van der Waals surface area contributed by atoms with E-state index in [-0.39, 0.29) is 24.7 Å². The SMILES string of the molecule is CC(=O)[C@@H](NC(=O)NCc1nc([C@@H](N)CC(=O)O)no1)C(C)O. The van der Waals surface area contributed by atoms with E-state index < -0.39 is 36.0 Å². The Hall–Kier alpha value is -2.53. The van der Waals surface area contributed by atoms with Gasteiger partial charge in [-0.15, -0.1) is 0 Å². The van der Waals surface area contributed by atoms with Gasteiger partial charge in [0.05, 0.1) is 25.1 Å². The minimum Gasteiger partial charge on any atom is -0.481 e. The molecular weight excluding hydrogens is 310 g/mol. The fraction of sp³-hybridized carbons (Fsp3) is 0.583. The Kier molecular flexibility index (Phi) is 6.60. The Labute approximate surface area is 131 Å². The number of ketones is 1. The summed E-state index contributed by atoms with van der Waals surface area (Å²) in [7, 11) is 0. The van der Waals surface area contributed by atoms with Gasteiger partial charge in [-0.25, -0.2) is 4.79 Å². The number of aliphatic hydroxyl groups excluding tert-OH is 1. The summed E-state index contributed by atoms with van der Waals surface area (Å²) >= 11 is 0. The Balaban J connectivity index is 2.52. The van der Waals surface area contributed by atoms with Crippen LogP contribution in [-0.4, -0.2) is 50.3 Å². The van der Waals surface area contributed by atoms with Gasteiger partial charge in [-0.05, 0) is 13.8 Å². The van der Waals surface area contributed by atoms with Crippen molar-refractivity contribution in [2.45, 2.75) is 45.0 Å². The fourth-order valence-electron chi connectivity index (χ4n) is 1.68. The molecule has 3 atom stereocenters. The molecule has 0 bridgehead atoms. The first-order valence-corrected chi connectivity index (χ1v) is 6.73. The Morgan fingerprint density at radius 2 is 2.04 bits per heavy atom. The van der Waals surface area contributed by atoms with Crippen molar-refractivity contribution in [3.63, 3.8) is 0 Å². The molecule has 2 amide bonds. The van der Waals surface area contributed by atoms with Gasteiger partial charge in [0.15, 0.2) is 11.6 Å². The number of amides is 2. The zero-order valence-electron chi connectivity index (χ0n) is 12.6. The van der Waals surface area contributed by atoms with Crippen LogP contribution in [0.5, 0.6) is 0 Å². The number of carboxylic acid groups (broad SMARTS) is 1. The fourth-order valence-corrected chi connectivity index (χ4v) is 1.68. The number of aromatic nitrogens is 2. The van der Waals surface area contributed by atoms with Crippen LogP contribution in [0.3, 0.4) is 0 Å². The minimum atomic E-state index is -1.10. The van der Waals surface area contributed by atoms with Gasteiger partial charge >= 0.3 is 12.0 Å². The molecule has 0 aliphatic rings. The van der Waals surface area contributed by atoms with Crippen LogP contribution in [0.2, 0.25) is 0 Å². The van der Waals surface area contributed by atoms with Crippen LogP contribution in [-0.2, 0) is 16.1 Å². The minimum absolute atomic E-state index is 0.00945.